The van der Waals surface area contributed by atoms with Crippen molar-refractivity contribution in [2.24, 2.45) is 0 Å². The second kappa shape index (κ2) is 7.56. The minimum absolute atomic E-state index is 0.155. The van der Waals surface area contributed by atoms with Crippen molar-refractivity contribution in [2.45, 2.75) is 23.4 Å². The van der Waals surface area contributed by atoms with Crippen LogP contribution in [0.1, 0.15) is 12.0 Å². The van der Waals surface area contributed by atoms with Crippen LogP contribution in [0.3, 0.4) is 0 Å². The van der Waals surface area contributed by atoms with Gasteiger partial charge in [-0.1, -0.05) is 65.8 Å². The van der Waals surface area contributed by atoms with Crippen LogP contribution in [0, 0.1) is 0 Å². The summed E-state index contributed by atoms with van der Waals surface area (Å²) in [5, 5.41) is 1.33. The van der Waals surface area contributed by atoms with Crippen LogP contribution < -0.4 is 0 Å². The van der Waals surface area contributed by atoms with E-state index in [-0.39, 0.29) is 11.2 Å². The van der Waals surface area contributed by atoms with Gasteiger partial charge in [-0.05, 0) is 23.3 Å². The van der Waals surface area contributed by atoms with Gasteiger partial charge in [-0.3, -0.25) is 4.79 Å². The fourth-order valence-electron chi connectivity index (χ4n) is 2.93. The normalized spacial score (nSPS) is 16.7. The second-order valence-electron chi connectivity index (χ2n) is 6.07. The molecule has 3 aromatic rings. The van der Waals surface area contributed by atoms with E-state index >= 15 is 0 Å². The van der Waals surface area contributed by atoms with Gasteiger partial charge in [0, 0.05) is 11.4 Å². The third kappa shape index (κ3) is 3.64. The van der Waals surface area contributed by atoms with Gasteiger partial charge >= 0.3 is 5.97 Å². The lowest BCUT2D eigenvalue weighted by Crippen LogP contribution is -2.12. The van der Waals surface area contributed by atoms with Gasteiger partial charge in [-0.15, -0.1) is 0 Å². The number of carbonyl (C=O) groups excluding carboxylic acids is 1. The number of aromatic nitrogens is 2. The average molecular weight is 385 g/mol. The summed E-state index contributed by atoms with van der Waals surface area (Å²) in [4.78, 5) is 16.5. The molecule has 0 bridgehead atoms. The number of esters is 1. The van der Waals surface area contributed by atoms with Gasteiger partial charge < -0.3 is 9.30 Å². The molecule has 132 valence electrons. The Hall–Kier alpha value is -2.24. The maximum atomic E-state index is 11.9. The Morgan fingerprint density at radius 2 is 1.92 bits per heavy atom. The van der Waals surface area contributed by atoms with Gasteiger partial charge in [0.1, 0.15) is 5.25 Å². The first-order valence-corrected chi connectivity index (χ1v) is 9.65. The number of rotatable bonds is 5. The summed E-state index contributed by atoms with van der Waals surface area (Å²) in [7, 11) is 0. The minimum Gasteiger partial charge on any atom is -0.465 e. The van der Waals surface area contributed by atoms with Crippen molar-refractivity contribution in [2.75, 3.05) is 6.61 Å². The topological polar surface area (TPSA) is 44.1 Å². The molecule has 4 rings (SSSR count). The lowest BCUT2D eigenvalue weighted by molar-refractivity contribution is -0.137. The zero-order valence-corrected chi connectivity index (χ0v) is 15.5. The van der Waals surface area contributed by atoms with Crippen LogP contribution in [0.25, 0.3) is 11.3 Å². The average Bonchev–Trinajstić information content (AvgIpc) is 3.24. The van der Waals surface area contributed by atoms with Crippen molar-refractivity contribution in [1.82, 2.24) is 9.55 Å². The van der Waals surface area contributed by atoms with Crippen LogP contribution in [0.2, 0.25) is 5.02 Å². The van der Waals surface area contributed by atoms with Crippen molar-refractivity contribution >= 4 is 29.3 Å². The van der Waals surface area contributed by atoms with Crippen molar-refractivity contribution in [1.29, 1.82) is 0 Å². The lowest BCUT2D eigenvalue weighted by atomic mass is 10.1. The van der Waals surface area contributed by atoms with Gasteiger partial charge in [0.2, 0.25) is 0 Å². The van der Waals surface area contributed by atoms with Gasteiger partial charge in [-0.2, -0.15) is 0 Å². The van der Waals surface area contributed by atoms with E-state index in [1.54, 1.807) is 0 Å². The van der Waals surface area contributed by atoms with Crippen molar-refractivity contribution in [3.63, 3.8) is 0 Å². The Balaban J connectivity index is 1.71. The van der Waals surface area contributed by atoms with E-state index in [4.69, 9.17) is 16.3 Å². The Morgan fingerprint density at radius 1 is 1.15 bits per heavy atom. The third-order valence-corrected chi connectivity index (χ3v) is 5.78. The first-order valence-electron chi connectivity index (χ1n) is 8.39. The molecule has 6 heteroatoms. The standard InChI is InChI=1S/C20H17ClN2O2S/c21-16-8-6-15(7-9-16)17-12-22-20(26-18-10-11-25-19(18)24)23(17)13-14-4-2-1-3-5-14/h1-9,12,18H,10-11,13H2/t18-/m0/s1. The zero-order chi connectivity index (χ0) is 17.9. The molecule has 0 aliphatic carbocycles. The Kier molecular flexibility index (Phi) is 5.00. The lowest BCUT2D eigenvalue weighted by Gasteiger charge is -2.13. The van der Waals surface area contributed by atoms with E-state index in [1.807, 2.05) is 48.7 Å². The zero-order valence-electron chi connectivity index (χ0n) is 14.0. The highest BCUT2D eigenvalue weighted by molar-refractivity contribution is 8.00. The maximum Gasteiger partial charge on any atom is 0.319 e. The van der Waals surface area contributed by atoms with E-state index in [0.717, 1.165) is 22.8 Å². The predicted molar refractivity (Wildman–Crippen MR) is 103 cm³/mol. The van der Waals surface area contributed by atoms with Crippen molar-refractivity contribution < 1.29 is 9.53 Å². The summed E-state index contributed by atoms with van der Waals surface area (Å²) >= 11 is 7.50. The SMILES string of the molecule is O=C1OCC[C@@H]1Sc1ncc(-c2ccc(Cl)cc2)n1Cc1ccccc1. The summed E-state index contributed by atoms with van der Waals surface area (Å²) in [5.41, 5.74) is 3.22. The van der Waals surface area contributed by atoms with Crippen LogP contribution in [0.4, 0.5) is 0 Å². The summed E-state index contributed by atoms with van der Waals surface area (Å²) in [5.74, 6) is -0.155. The predicted octanol–water partition coefficient (Wildman–Crippen LogP) is 4.66. The number of ether oxygens (including phenoxy) is 1. The van der Waals surface area contributed by atoms with Crippen LogP contribution >= 0.6 is 23.4 Å². The van der Waals surface area contributed by atoms with Crippen molar-refractivity contribution in [3.05, 3.63) is 71.4 Å². The van der Waals surface area contributed by atoms with Gasteiger partial charge in [0.15, 0.2) is 5.16 Å². The van der Waals surface area contributed by atoms with E-state index in [2.05, 4.69) is 21.7 Å². The highest BCUT2D eigenvalue weighted by Crippen LogP contribution is 2.33. The second-order valence-corrected chi connectivity index (χ2v) is 7.67. The first kappa shape index (κ1) is 17.2. The Labute approximate surface area is 161 Å². The number of hydrogen-bond donors (Lipinski definition) is 0. The summed E-state index contributed by atoms with van der Waals surface area (Å²) in [6, 6.07) is 17.9. The summed E-state index contributed by atoms with van der Waals surface area (Å²) in [6.07, 6.45) is 2.58. The third-order valence-electron chi connectivity index (χ3n) is 4.28. The smallest absolute Gasteiger partial charge is 0.319 e. The monoisotopic (exact) mass is 384 g/mol. The maximum absolute atomic E-state index is 11.9. The van der Waals surface area contributed by atoms with E-state index in [9.17, 15) is 4.79 Å². The highest BCUT2D eigenvalue weighted by Gasteiger charge is 2.29. The van der Waals surface area contributed by atoms with Crippen LogP contribution in [0.15, 0.2) is 66.0 Å². The molecule has 1 aliphatic heterocycles. The molecule has 1 fully saturated rings. The molecule has 0 spiro atoms. The molecule has 1 saturated heterocycles. The molecular weight excluding hydrogens is 368 g/mol. The molecule has 1 aromatic heterocycles. The molecule has 0 unspecified atom stereocenters. The fourth-order valence-corrected chi connectivity index (χ4v) is 4.10. The quantitative estimate of drug-likeness (QED) is 0.600. The van der Waals surface area contributed by atoms with Crippen molar-refractivity contribution in [3.8, 4) is 11.3 Å². The highest BCUT2D eigenvalue weighted by atomic mass is 35.5. The first-order chi connectivity index (χ1) is 12.7. The molecule has 0 saturated carbocycles. The molecular formula is C20H17ClN2O2S. The van der Waals surface area contributed by atoms with E-state index < -0.39 is 0 Å². The summed E-state index contributed by atoms with van der Waals surface area (Å²) < 4.78 is 7.24. The van der Waals surface area contributed by atoms with Crippen LogP contribution in [-0.4, -0.2) is 27.4 Å². The van der Waals surface area contributed by atoms with E-state index in [0.29, 0.717) is 18.2 Å². The molecule has 1 atom stereocenters. The number of imidazole rings is 1. The molecule has 4 nitrogen and oxygen atoms in total. The minimum atomic E-state index is -0.190. The Morgan fingerprint density at radius 3 is 2.62 bits per heavy atom. The summed E-state index contributed by atoms with van der Waals surface area (Å²) in [6.45, 7) is 1.17. The van der Waals surface area contributed by atoms with Gasteiger partial charge in [-0.25, -0.2) is 4.98 Å². The number of nitrogens with zero attached hydrogens (tertiary/aromatic N) is 2. The van der Waals surface area contributed by atoms with Gasteiger partial charge in [0.25, 0.3) is 0 Å². The largest absolute Gasteiger partial charge is 0.465 e. The number of thioether (sulfide) groups is 1. The van der Waals surface area contributed by atoms with Crippen LogP contribution in [0.5, 0.6) is 0 Å². The molecule has 2 heterocycles. The fraction of sp³-hybridized carbons (Fsp3) is 0.200. The molecule has 1 aliphatic rings. The number of hydrogen-bond acceptors (Lipinski definition) is 4. The molecule has 0 amide bonds. The Bertz CT molecular complexity index is 909. The number of carbonyl (C=O) groups is 1. The number of benzene rings is 2. The molecule has 26 heavy (non-hydrogen) atoms. The molecule has 2 aromatic carbocycles. The number of halogens is 1. The van der Waals surface area contributed by atoms with Crippen LogP contribution in [-0.2, 0) is 16.1 Å². The number of cyclic esters (lactones) is 1. The molecule has 0 radical (unpaired) electrons. The van der Waals surface area contributed by atoms with E-state index in [1.165, 1.54) is 17.3 Å². The molecule has 0 N–H and O–H groups in total. The van der Waals surface area contributed by atoms with Gasteiger partial charge in [0.05, 0.1) is 25.0 Å².